The number of aliphatic hydroxyl groups is 1. The van der Waals surface area contributed by atoms with E-state index in [0.29, 0.717) is 5.76 Å². The first-order chi connectivity index (χ1) is 10.6. The smallest absolute Gasteiger partial charge is 0.244 e. The Bertz CT molecular complexity index is 627. The fourth-order valence-corrected chi connectivity index (χ4v) is 2.15. The summed E-state index contributed by atoms with van der Waals surface area (Å²) in [4.78, 5) is 12.0. The van der Waals surface area contributed by atoms with Crippen LogP contribution >= 0.6 is 0 Å². The van der Waals surface area contributed by atoms with Crippen LogP contribution in [0, 0.1) is 6.92 Å². The molecule has 1 unspecified atom stereocenters. The number of allylic oxidation sites excluding steroid dienone is 1. The highest BCUT2D eigenvalue weighted by Crippen LogP contribution is 2.18. The van der Waals surface area contributed by atoms with Crippen LogP contribution in [0.4, 0.5) is 0 Å². The molecule has 22 heavy (non-hydrogen) atoms. The number of furan rings is 1. The zero-order valence-corrected chi connectivity index (χ0v) is 12.9. The number of aryl methyl sites for hydroxylation is 1. The second kappa shape index (κ2) is 7.61. The van der Waals surface area contributed by atoms with Crippen molar-refractivity contribution < 1.29 is 14.3 Å². The normalized spacial score (nSPS) is 13.0. The molecule has 0 aliphatic carbocycles. The van der Waals surface area contributed by atoms with Crippen LogP contribution in [0.25, 0.3) is 5.57 Å². The molecule has 4 nitrogen and oxygen atoms in total. The Morgan fingerprint density at radius 1 is 1.32 bits per heavy atom. The number of hydrogen-bond acceptors (Lipinski definition) is 3. The maximum absolute atomic E-state index is 12.0. The number of rotatable bonds is 6. The number of carbonyl (C=O) groups excluding carboxylic acids is 1. The lowest BCUT2D eigenvalue weighted by Gasteiger charge is -2.09. The fourth-order valence-electron chi connectivity index (χ4n) is 2.15. The molecule has 116 valence electrons. The van der Waals surface area contributed by atoms with E-state index in [1.165, 1.54) is 11.8 Å². The highest BCUT2D eigenvalue weighted by molar-refractivity contribution is 5.95. The number of aliphatic hydroxyl groups excluding tert-OH is 1. The summed E-state index contributed by atoms with van der Waals surface area (Å²) in [6, 6.07) is 11.4. The molecular weight excluding hydrogens is 278 g/mol. The van der Waals surface area contributed by atoms with Gasteiger partial charge in [-0.1, -0.05) is 36.8 Å². The number of nitrogens with one attached hydrogen (secondary N) is 1. The Hall–Kier alpha value is -2.33. The van der Waals surface area contributed by atoms with E-state index < -0.39 is 6.10 Å². The maximum Gasteiger partial charge on any atom is 0.244 e. The summed E-state index contributed by atoms with van der Waals surface area (Å²) in [7, 11) is 0. The van der Waals surface area contributed by atoms with Gasteiger partial charge < -0.3 is 14.8 Å². The zero-order valence-electron chi connectivity index (χ0n) is 12.9. The lowest BCUT2D eigenvalue weighted by Crippen LogP contribution is -2.26. The van der Waals surface area contributed by atoms with Crippen molar-refractivity contribution in [2.75, 3.05) is 6.54 Å². The maximum atomic E-state index is 12.0. The third-order valence-corrected chi connectivity index (χ3v) is 3.45. The molecule has 1 aromatic heterocycles. The summed E-state index contributed by atoms with van der Waals surface area (Å²) in [5, 5.41) is 12.6. The molecule has 0 aliphatic rings. The summed E-state index contributed by atoms with van der Waals surface area (Å²) in [5.41, 5.74) is 3.19. The first kappa shape index (κ1) is 16.0. The van der Waals surface area contributed by atoms with Gasteiger partial charge >= 0.3 is 0 Å². The summed E-state index contributed by atoms with van der Waals surface area (Å²) in [6.07, 6.45) is 3.00. The molecule has 2 rings (SSSR count). The summed E-state index contributed by atoms with van der Waals surface area (Å²) >= 11 is 0. The Labute approximate surface area is 130 Å². The van der Waals surface area contributed by atoms with Gasteiger partial charge in [-0.3, -0.25) is 4.79 Å². The molecular formula is C18H21NO3. The predicted octanol–water partition coefficient (Wildman–Crippen LogP) is 3.23. The van der Waals surface area contributed by atoms with E-state index in [1.54, 1.807) is 18.2 Å². The standard InChI is InChI=1S/C18H21NO3/c1-3-14(15-8-6-13(2)7-9-15)11-18(21)19-12-16(20)17-5-4-10-22-17/h4-11,16,20H,3,12H2,1-2H3,(H,19,21)/b14-11-. The van der Waals surface area contributed by atoms with Crippen molar-refractivity contribution in [2.24, 2.45) is 0 Å². The van der Waals surface area contributed by atoms with E-state index in [1.807, 2.05) is 38.1 Å². The van der Waals surface area contributed by atoms with E-state index in [2.05, 4.69) is 5.32 Å². The second-order valence-corrected chi connectivity index (χ2v) is 5.17. The third kappa shape index (κ3) is 4.33. The van der Waals surface area contributed by atoms with E-state index in [-0.39, 0.29) is 12.5 Å². The SMILES string of the molecule is CC/C(=C/C(=O)NCC(O)c1ccco1)c1ccc(C)cc1. The van der Waals surface area contributed by atoms with Crippen molar-refractivity contribution in [3.63, 3.8) is 0 Å². The van der Waals surface area contributed by atoms with Crippen molar-refractivity contribution in [1.82, 2.24) is 5.32 Å². The minimum absolute atomic E-state index is 0.119. The van der Waals surface area contributed by atoms with Crippen LogP contribution in [0.5, 0.6) is 0 Å². The van der Waals surface area contributed by atoms with Crippen molar-refractivity contribution in [3.05, 3.63) is 65.6 Å². The van der Waals surface area contributed by atoms with Gasteiger partial charge in [-0.2, -0.15) is 0 Å². The fraction of sp³-hybridized carbons (Fsp3) is 0.278. The van der Waals surface area contributed by atoms with Gasteiger partial charge in [0, 0.05) is 6.08 Å². The molecule has 1 aromatic carbocycles. The highest BCUT2D eigenvalue weighted by atomic mass is 16.4. The monoisotopic (exact) mass is 299 g/mol. The van der Waals surface area contributed by atoms with Gasteiger partial charge in [-0.15, -0.1) is 0 Å². The lowest BCUT2D eigenvalue weighted by molar-refractivity contribution is -0.117. The van der Waals surface area contributed by atoms with Gasteiger partial charge in [0.1, 0.15) is 11.9 Å². The van der Waals surface area contributed by atoms with E-state index in [4.69, 9.17) is 4.42 Å². The predicted molar refractivity (Wildman–Crippen MR) is 86.1 cm³/mol. The molecule has 0 radical (unpaired) electrons. The molecule has 1 amide bonds. The molecule has 0 fully saturated rings. The van der Waals surface area contributed by atoms with Gasteiger partial charge in [-0.25, -0.2) is 0 Å². The quantitative estimate of drug-likeness (QED) is 0.805. The van der Waals surface area contributed by atoms with Gasteiger partial charge in [0.15, 0.2) is 0 Å². The second-order valence-electron chi connectivity index (χ2n) is 5.17. The number of carbonyl (C=O) groups is 1. The third-order valence-electron chi connectivity index (χ3n) is 3.45. The van der Waals surface area contributed by atoms with Gasteiger partial charge in [0.2, 0.25) is 5.91 Å². The zero-order chi connectivity index (χ0) is 15.9. The molecule has 0 saturated carbocycles. The minimum atomic E-state index is -0.836. The molecule has 1 heterocycles. The Kier molecular flexibility index (Phi) is 5.55. The largest absolute Gasteiger partial charge is 0.467 e. The van der Waals surface area contributed by atoms with E-state index in [9.17, 15) is 9.90 Å². The Morgan fingerprint density at radius 2 is 2.05 bits per heavy atom. The van der Waals surface area contributed by atoms with Gasteiger partial charge in [0.05, 0.1) is 12.8 Å². The van der Waals surface area contributed by atoms with Crippen LogP contribution in [0.3, 0.4) is 0 Å². The lowest BCUT2D eigenvalue weighted by atomic mass is 10.0. The highest BCUT2D eigenvalue weighted by Gasteiger charge is 2.11. The molecule has 0 saturated heterocycles. The van der Waals surface area contributed by atoms with Crippen LogP contribution in [0.15, 0.2) is 53.2 Å². The Balaban J connectivity index is 1.97. The Morgan fingerprint density at radius 3 is 2.64 bits per heavy atom. The average Bonchev–Trinajstić information content (AvgIpc) is 3.05. The summed E-state index contributed by atoms with van der Waals surface area (Å²) in [5.74, 6) is 0.224. The van der Waals surface area contributed by atoms with Crippen molar-refractivity contribution in [2.45, 2.75) is 26.4 Å². The molecule has 2 N–H and O–H groups in total. The molecule has 4 heteroatoms. The van der Waals surface area contributed by atoms with Crippen molar-refractivity contribution in [3.8, 4) is 0 Å². The first-order valence-corrected chi connectivity index (χ1v) is 7.37. The summed E-state index contributed by atoms with van der Waals surface area (Å²) in [6.45, 7) is 4.16. The number of benzene rings is 1. The molecule has 0 aliphatic heterocycles. The first-order valence-electron chi connectivity index (χ1n) is 7.37. The van der Waals surface area contributed by atoms with Crippen LogP contribution in [0.1, 0.15) is 36.3 Å². The molecule has 2 aromatic rings. The number of amides is 1. The van der Waals surface area contributed by atoms with Crippen LogP contribution in [-0.4, -0.2) is 17.6 Å². The molecule has 0 spiro atoms. The van der Waals surface area contributed by atoms with E-state index in [0.717, 1.165) is 17.6 Å². The average molecular weight is 299 g/mol. The number of hydrogen-bond donors (Lipinski definition) is 2. The van der Waals surface area contributed by atoms with Gasteiger partial charge in [-0.05, 0) is 36.6 Å². The summed E-state index contributed by atoms with van der Waals surface area (Å²) < 4.78 is 5.09. The van der Waals surface area contributed by atoms with Crippen LogP contribution in [0.2, 0.25) is 0 Å². The van der Waals surface area contributed by atoms with Crippen LogP contribution < -0.4 is 5.32 Å². The minimum Gasteiger partial charge on any atom is -0.467 e. The van der Waals surface area contributed by atoms with Crippen molar-refractivity contribution >= 4 is 11.5 Å². The van der Waals surface area contributed by atoms with Crippen molar-refractivity contribution in [1.29, 1.82) is 0 Å². The van der Waals surface area contributed by atoms with E-state index >= 15 is 0 Å². The van der Waals surface area contributed by atoms with Gasteiger partial charge in [0.25, 0.3) is 0 Å². The topological polar surface area (TPSA) is 62.5 Å². The molecule has 0 bridgehead atoms. The molecule has 1 atom stereocenters. The van der Waals surface area contributed by atoms with Crippen LogP contribution in [-0.2, 0) is 4.79 Å².